The molecule has 0 bridgehead atoms. The first-order chi connectivity index (χ1) is 15.9. The molecule has 2 aliphatic heterocycles. The van der Waals surface area contributed by atoms with Crippen molar-refractivity contribution in [3.8, 4) is 11.4 Å². The third-order valence-corrected chi connectivity index (χ3v) is 6.21. The number of amides is 2. The molecule has 178 valence electrons. The fourth-order valence-corrected chi connectivity index (χ4v) is 4.40. The van der Waals surface area contributed by atoms with Gasteiger partial charge in [-0.25, -0.2) is 14.8 Å². The van der Waals surface area contributed by atoms with Crippen LogP contribution in [0.25, 0.3) is 11.4 Å². The van der Waals surface area contributed by atoms with Crippen LogP contribution in [-0.2, 0) is 21.7 Å². The van der Waals surface area contributed by atoms with E-state index in [4.69, 9.17) is 19.4 Å². The molecule has 2 amide bonds. The fraction of sp³-hybridized carbons (Fsp3) is 0.542. The van der Waals surface area contributed by atoms with Gasteiger partial charge in [0.15, 0.2) is 5.82 Å². The average Bonchev–Trinajstić information content (AvgIpc) is 3.15. The van der Waals surface area contributed by atoms with E-state index in [2.05, 4.69) is 22.5 Å². The molecule has 3 heterocycles. The van der Waals surface area contributed by atoms with Crippen molar-refractivity contribution in [2.75, 3.05) is 43.1 Å². The number of carbonyl (C=O) groups is 1. The van der Waals surface area contributed by atoms with Crippen LogP contribution in [0.4, 0.5) is 16.3 Å². The molecule has 0 radical (unpaired) electrons. The Hall–Kier alpha value is -2.75. The number of aromatic nitrogens is 2. The van der Waals surface area contributed by atoms with Gasteiger partial charge in [-0.3, -0.25) is 0 Å². The van der Waals surface area contributed by atoms with Gasteiger partial charge in [0.1, 0.15) is 11.4 Å². The number of morpholine rings is 1. The first-order valence-corrected chi connectivity index (χ1v) is 11.6. The van der Waals surface area contributed by atoms with E-state index in [1.807, 2.05) is 38.1 Å². The minimum absolute atomic E-state index is 0.111. The molecule has 1 aromatic carbocycles. The van der Waals surface area contributed by atoms with E-state index in [0.29, 0.717) is 50.7 Å². The van der Waals surface area contributed by atoms with E-state index in [0.717, 1.165) is 29.2 Å². The quantitative estimate of drug-likeness (QED) is 0.589. The van der Waals surface area contributed by atoms with Gasteiger partial charge < -0.3 is 30.1 Å². The maximum atomic E-state index is 11.8. The molecule has 0 spiro atoms. The maximum Gasteiger partial charge on any atom is 0.319 e. The highest BCUT2D eigenvalue weighted by Crippen LogP contribution is 2.43. The van der Waals surface area contributed by atoms with Crippen LogP contribution in [0.15, 0.2) is 24.3 Å². The fourth-order valence-electron chi connectivity index (χ4n) is 4.40. The Balaban J connectivity index is 1.72. The maximum absolute atomic E-state index is 11.8. The molecule has 33 heavy (non-hydrogen) atoms. The standard InChI is InChI=1S/C24H33N5O4/c1-4-25-23(31)26-18-8-6-17(7-9-18)21-27-20-19(15-33-24(20,3)10-5-12-30)22(28-21)29-11-13-32-14-16(29)2/h6-9,16,30H,4-5,10-15H2,1-3H3,(H2,25,26,31)/t16-,24?/m0/s1. The second-order valence-electron chi connectivity index (χ2n) is 8.72. The molecule has 1 aromatic heterocycles. The minimum atomic E-state index is -0.570. The lowest BCUT2D eigenvalue weighted by atomic mass is 9.94. The van der Waals surface area contributed by atoms with Crippen molar-refractivity contribution in [2.45, 2.75) is 51.9 Å². The minimum Gasteiger partial charge on any atom is -0.396 e. The number of aliphatic hydroxyl groups excluding tert-OH is 1. The highest BCUT2D eigenvalue weighted by atomic mass is 16.5. The Morgan fingerprint density at radius 1 is 1.30 bits per heavy atom. The normalized spacial score (nSPS) is 22.2. The second kappa shape index (κ2) is 10.0. The van der Waals surface area contributed by atoms with Crippen LogP contribution in [-0.4, -0.2) is 60.1 Å². The largest absolute Gasteiger partial charge is 0.396 e. The molecule has 4 rings (SSSR count). The third-order valence-electron chi connectivity index (χ3n) is 6.21. The Bertz CT molecular complexity index is 984. The van der Waals surface area contributed by atoms with Crippen LogP contribution in [0.3, 0.4) is 0 Å². The second-order valence-corrected chi connectivity index (χ2v) is 8.72. The molecule has 2 atom stereocenters. The highest BCUT2D eigenvalue weighted by molar-refractivity contribution is 5.89. The van der Waals surface area contributed by atoms with Gasteiger partial charge in [0, 0.05) is 36.5 Å². The van der Waals surface area contributed by atoms with Crippen molar-refractivity contribution in [1.82, 2.24) is 15.3 Å². The van der Waals surface area contributed by atoms with E-state index < -0.39 is 5.60 Å². The van der Waals surface area contributed by atoms with Crippen LogP contribution in [0.2, 0.25) is 0 Å². The lowest BCUT2D eigenvalue weighted by molar-refractivity contribution is -0.0353. The number of hydrogen-bond acceptors (Lipinski definition) is 7. The molecule has 0 saturated carbocycles. The molecule has 1 fully saturated rings. The van der Waals surface area contributed by atoms with Gasteiger partial charge >= 0.3 is 6.03 Å². The summed E-state index contributed by atoms with van der Waals surface area (Å²) in [6.45, 7) is 9.23. The van der Waals surface area contributed by atoms with Crippen LogP contribution < -0.4 is 15.5 Å². The van der Waals surface area contributed by atoms with Gasteiger partial charge in [-0.05, 0) is 57.9 Å². The average molecular weight is 456 g/mol. The number of carbonyl (C=O) groups excluding carboxylic acids is 1. The monoisotopic (exact) mass is 455 g/mol. The van der Waals surface area contributed by atoms with Crippen molar-refractivity contribution >= 4 is 17.5 Å². The Morgan fingerprint density at radius 2 is 2.09 bits per heavy atom. The lowest BCUT2D eigenvalue weighted by Gasteiger charge is -2.35. The molecule has 2 aliphatic rings. The van der Waals surface area contributed by atoms with Crippen molar-refractivity contribution in [3.63, 3.8) is 0 Å². The Morgan fingerprint density at radius 3 is 2.79 bits per heavy atom. The molecule has 2 aromatic rings. The van der Waals surface area contributed by atoms with Crippen molar-refractivity contribution in [3.05, 3.63) is 35.5 Å². The topological polar surface area (TPSA) is 109 Å². The van der Waals surface area contributed by atoms with Crippen molar-refractivity contribution < 1.29 is 19.4 Å². The van der Waals surface area contributed by atoms with Crippen LogP contribution in [0.1, 0.15) is 44.9 Å². The third kappa shape index (κ3) is 4.95. The van der Waals surface area contributed by atoms with Crippen LogP contribution >= 0.6 is 0 Å². The number of benzene rings is 1. The number of nitrogens with one attached hydrogen (secondary N) is 2. The summed E-state index contributed by atoms with van der Waals surface area (Å²) in [5.41, 5.74) is 2.89. The van der Waals surface area contributed by atoms with Crippen molar-refractivity contribution in [2.24, 2.45) is 0 Å². The van der Waals surface area contributed by atoms with Gasteiger partial charge in [-0.2, -0.15) is 0 Å². The SMILES string of the molecule is CCNC(=O)Nc1ccc(-c2nc(N3CCOC[C@@H]3C)c3c(n2)C(C)(CCCO)OC3)cc1. The van der Waals surface area contributed by atoms with Crippen molar-refractivity contribution in [1.29, 1.82) is 0 Å². The Kier molecular flexibility index (Phi) is 7.11. The van der Waals surface area contributed by atoms with E-state index in [9.17, 15) is 9.90 Å². The van der Waals surface area contributed by atoms with Gasteiger partial charge in [0.05, 0.1) is 31.6 Å². The number of ether oxygens (including phenoxy) is 2. The van der Waals surface area contributed by atoms with E-state index >= 15 is 0 Å². The van der Waals surface area contributed by atoms with Crippen LogP contribution in [0, 0.1) is 0 Å². The predicted molar refractivity (Wildman–Crippen MR) is 126 cm³/mol. The summed E-state index contributed by atoms with van der Waals surface area (Å²) in [4.78, 5) is 24.0. The molecular formula is C24H33N5O4. The number of aliphatic hydroxyl groups is 1. The predicted octanol–water partition coefficient (Wildman–Crippen LogP) is 3.03. The zero-order valence-electron chi connectivity index (χ0n) is 19.6. The number of rotatable bonds is 7. The zero-order valence-corrected chi connectivity index (χ0v) is 19.6. The zero-order chi connectivity index (χ0) is 23.4. The van der Waals surface area contributed by atoms with Gasteiger partial charge in [0.2, 0.25) is 0 Å². The molecule has 9 nitrogen and oxygen atoms in total. The molecule has 0 aliphatic carbocycles. The smallest absolute Gasteiger partial charge is 0.319 e. The number of nitrogens with zero attached hydrogens (tertiary/aromatic N) is 3. The molecular weight excluding hydrogens is 422 g/mol. The summed E-state index contributed by atoms with van der Waals surface area (Å²) < 4.78 is 11.9. The first kappa shape index (κ1) is 23.4. The summed E-state index contributed by atoms with van der Waals surface area (Å²) >= 11 is 0. The summed E-state index contributed by atoms with van der Waals surface area (Å²) in [6.07, 6.45) is 1.32. The van der Waals surface area contributed by atoms with Crippen LogP contribution in [0.5, 0.6) is 0 Å². The number of fused-ring (bicyclic) bond motifs is 1. The van der Waals surface area contributed by atoms with E-state index in [-0.39, 0.29) is 18.7 Å². The summed E-state index contributed by atoms with van der Waals surface area (Å²) in [5.74, 6) is 1.51. The summed E-state index contributed by atoms with van der Waals surface area (Å²) in [6, 6.07) is 7.48. The van der Waals surface area contributed by atoms with E-state index in [1.54, 1.807) is 0 Å². The number of hydrogen-bond donors (Lipinski definition) is 3. The lowest BCUT2D eigenvalue weighted by Crippen LogP contribution is -2.44. The van der Waals surface area contributed by atoms with E-state index in [1.165, 1.54) is 0 Å². The van der Waals surface area contributed by atoms with Gasteiger partial charge in [0.25, 0.3) is 0 Å². The molecule has 9 heteroatoms. The number of anilines is 2. The summed E-state index contributed by atoms with van der Waals surface area (Å²) in [7, 11) is 0. The molecule has 3 N–H and O–H groups in total. The number of urea groups is 1. The molecule has 1 unspecified atom stereocenters. The van der Waals surface area contributed by atoms with Gasteiger partial charge in [-0.15, -0.1) is 0 Å². The summed E-state index contributed by atoms with van der Waals surface area (Å²) in [5, 5.41) is 14.9. The Labute approximate surface area is 194 Å². The first-order valence-electron chi connectivity index (χ1n) is 11.6. The van der Waals surface area contributed by atoms with Gasteiger partial charge in [-0.1, -0.05) is 0 Å². The molecule has 1 saturated heterocycles. The highest BCUT2D eigenvalue weighted by Gasteiger charge is 2.40.